The van der Waals surface area contributed by atoms with Crippen LogP contribution < -0.4 is 0 Å². The molecule has 0 aliphatic rings. The average Bonchev–Trinajstić information content (AvgIpc) is 2.93. The third kappa shape index (κ3) is 4.86. The number of aromatic nitrogens is 2. The van der Waals surface area contributed by atoms with Crippen molar-refractivity contribution < 1.29 is 9.53 Å². The molecule has 1 heterocycles. The molecule has 0 aliphatic carbocycles. The fourth-order valence-electron chi connectivity index (χ4n) is 2.74. The Morgan fingerprint density at radius 2 is 1.81 bits per heavy atom. The third-order valence-electron chi connectivity index (χ3n) is 4.30. The Morgan fingerprint density at radius 1 is 1.11 bits per heavy atom. The summed E-state index contributed by atoms with van der Waals surface area (Å²) in [6.07, 6.45) is 3.05. The van der Waals surface area contributed by atoms with Gasteiger partial charge in [0.2, 0.25) is 0 Å². The SMILES string of the molecule is Cc1ccccc1COC(=O)/C=C/c1c(C)nn(Cc2ccccc2)c1Cl. The third-order valence-corrected chi connectivity index (χ3v) is 4.70. The topological polar surface area (TPSA) is 44.1 Å². The van der Waals surface area contributed by atoms with Crippen molar-refractivity contribution in [2.75, 3.05) is 0 Å². The minimum Gasteiger partial charge on any atom is -0.458 e. The molecule has 0 fully saturated rings. The molecular weight excluding hydrogens is 360 g/mol. The van der Waals surface area contributed by atoms with E-state index in [2.05, 4.69) is 5.10 Å². The van der Waals surface area contributed by atoms with Crippen LogP contribution in [0.3, 0.4) is 0 Å². The van der Waals surface area contributed by atoms with Crippen LogP contribution in [0, 0.1) is 13.8 Å². The number of nitrogens with zero attached hydrogens (tertiary/aromatic N) is 2. The Kier molecular flexibility index (Phi) is 6.09. The zero-order valence-electron chi connectivity index (χ0n) is 15.4. The van der Waals surface area contributed by atoms with E-state index in [1.807, 2.05) is 68.4 Å². The van der Waals surface area contributed by atoms with E-state index in [4.69, 9.17) is 16.3 Å². The largest absolute Gasteiger partial charge is 0.458 e. The highest BCUT2D eigenvalue weighted by atomic mass is 35.5. The number of hydrogen-bond donors (Lipinski definition) is 0. The Labute approximate surface area is 164 Å². The summed E-state index contributed by atoms with van der Waals surface area (Å²) < 4.78 is 7.04. The van der Waals surface area contributed by atoms with E-state index in [1.165, 1.54) is 6.08 Å². The molecule has 0 amide bonds. The Morgan fingerprint density at radius 3 is 2.56 bits per heavy atom. The molecule has 0 bridgehead atoms. The molecule has 0 saturated heterocycles. The maximum Gasteiger partial charge on any atom is 0.331 e. The number of ether oxygens (including phenoxy) is 1. The number of esters is 1. The molecule has 0 saturated carbocycles. The summed E-state index contributed by atoms with van der Waals surface area (Å²) in [4.78, 5) is 12.0. The highest BCUT2D eigenvalue weighted by Crippen LogP contribution is 2.22. The van der Waals surface area contributed by atoms with Gasteiger partial charge in [-0.2, -0.15) is 5.10 Å². The van der Waals surface area contributed by atoms with Crippen molar-refractivity contribution in [1.82, 2.24) is 9.78 Å². The normalized spacial score (nSPS) is 11.1. The number of benzene rings is 2. The van der Waals surface area contributed by atoms with Crippen LogP contribution in [0.15, 0.2) is 60.7 Å². The van der Waals surface area contributed by atoms with Gasteiger partial charge in [0.05, 0.1) is 12.2 Å². The summed E-state index contributed by atoms with van der Waals surface area (Å²) in [6, 6.07) is 17.8. The molecule has 0 atom stereocenters. The molecule has 2 aromatic carbocycles. The molecule has 4 nitrogen and oxygen atoms in total. The zero-order chi connectivity index (χ0) is 19.2. The van der Waals surface area contributed by atoms with Gasteiger partial charge in [0, 0.05) is 11.6 Å². The number of hydrogen-bond acceptors (Lipinski definition) is 3. The number of aryl methyl sites for hydroxylation is 2. The Balaban J connectivity index is 1.66. The van der Waals surface area contributed by atoms with Gasteiger partial charge in [-0.15, -0.1) is 0 Å². The summed E-state index contributed by atoms with van der Waals surface area (Å²) in [5, 5.41) is 4.97. The van der Waals surface area contributed by atoms with Gasteiger partial charge < -0.3 is 4.74 Å². The second-order valence-electron chi connectivity index (χ2n) is 6.30. The smallest absolute Gasteiger partial charge is 0.331 e. The highest BCUT2D eigenvalue weighted by Gasteiger charge is 2.12. The molecule has 1 aromatic heterocycles. The van der Waals surface area contributed by atoms with E-state index in [1.54, 1.807) is 10.8 Å². The van der Waals surface area contributed by atoms with Gasteiger partial charge in [0.15, 0.2) is 0 Å². The van der Waals surface area contributed by atoms with E-state index in [9.17, 15) is 4.79 Å². The first-order valence-electron chi connectivity index (χ1n) is 8.71. The van der Waals surface area contributed by atoms with Gasteiger partial charge in [-0.25, -0.2) is 9.48 Å². The van der Waals surface area contributed by atoms with Crippen LogP contribution in [0.2, 0.25) is 5.15 Å². The fourth-order valence-corrected chi connectivity index (χ4v) is 3.04. The van der Waals surface area contributed by atoms with Crippen LogP contribution in [0.1, 0.15) is 27.9 Å². The number of halogens is 1. The Bertz CT molecular complexity index is 962. The van der Waals surface area contributed by atoms with Crippen LogP contribution in [-0.4, -0.2) is 15.7 Å². The van der Waals surface area contributed by atoms with Gasteiger partial charge >= 0.3 is 5.97 Å². The zero-order valence-corrected chi connectivity index (χ0v) is 16.1. The molecule has 0 N–H and O–H groups in total. The maximum absolute atomic E-state index is 12.0. The van der Waals surface area contributed by atoms with E-state index < -0.39 is 5.97 Å². The summed E-state index contributed by atoms with van der Waals surface area (Å²) in [5.41, 5.74) is 4.67. The lowest BCUT2D eigenvalue weighted by Gasteiger charge is -2.05. The molecule has 0 unspecified atom stereocenters. The summed E-state index contributed by atoms with van der Waals surface area (Å²) in [6.45, 7) is 4.68. The van der Waals surface area contributed by atoms with Crippen LogP contribution in [0.4, 0.5) is 0 Å². The first kappa shape index (κ1) is 18.9. The first-order valence-corrected chi connectivity index (χ1v) is 9.08. The van der Waals surface area contributed by atoms with Gasteiger partial charge in [0.1, 0.15) is 11.8 Å². The molecule has 27 heavy (non-hydrogen) atoms. The molecule has 0 aliphatic heterocycles. The average molecular weight is 381 g/mol. The van der Waals surface area contributed by atoms with E-state index in [-0.39, 0.29) is 6.61 Å². The van der Waals surface area contributed by atoms with Crippen molar-refractivity contribution >= 4 is 23.6 Å². The van der Waals surface area contributed by atoms with Crippen molar-refractivity contribution in [2.24, 2.45) is 0 Å². The predicted octanol–water partition coefficient (Wildman–Crippen LogP) is 4.96. The van der Waals surface area contributed by atoms with Crippen molar-refractivity contribution in [3.8, 4) is 0 Å². The second-order valence-corrected chi connectivity index (χ2v) is 6.66. The summed E-state index contributed by atoms with van der Waals surface area (Å²) in [7, 11) is 0. The fraction of sp³-hybridized carbons (Fsp3) is 0.182. The summed E-state index contributed by atoms with van der Waals surface area (Å²) in [5.74, 6) is -0.412. The van der Waals surface area contributed by atoms with E-state index >= 15 is 0 Å². The minimum absolute atomic E-state index is 0.246. The van der Waals surface area contributed by atoms with Crippen molar-refractivity contribution in [2.45, 2.75) is 27.0 Å². The van der Waals surface area contributed by atoms with Gasteiger partial charge in [-0.05, 0) is 36.6 Å². The van der Waals surface area contributed by atoms with Crippen LogP contribution in [0.5, 0.6) is 0 Å². The van der Waals surface area contributed by atoms with Crippen molar-refractivity contribution in [1.29, 1.82) is 0 Å². The van der Waals surface area contributed by atoms with Gasteiger partial charge in [-0.3, -0.25) is 0 Å². The molecule has 3 rings (SSSR count). The number of carbonyl (C=O) groups is 1. The lowest BCUT2D eigenvalue weighted by atomic mass is 10.1. The molecule has 0 spiro atoms. The lowest BCUT2D eigenvalue weighted by Crippen LogP contribution is -2.02. The highest BCUT2D eigenvalue weighted by molar-refractivity contribution is 6.31. The monoisotopic (exact) mass is 380 g/mol. The number of rotatable bonds is 6. The Hall–Kier alpha value is -2.85. The molecule has 0 radical (unpaired) electrons. The van der Waals surface area contributed by atoms with Gasteiger partial charge in [0.25, 0.3) is 0 Å². The number of carbonyl (C=O) groups excluding carboxylic acids is 1. The second kappa shape index (κ2) is 8.69. The quantitative estimate of drug-likeness (QED) is 0.448. The minimum atomic E-state index is -0.412. The standard InChI is InChI=1S/C22H21ClN2O2/c1-16-8-6-7-11-19(16)15-27-21(26)13-12-20-17(2)24-25(22(20)23)14-18-9-4-3-5-10-18/h3-13H,14-15H2,1-2H3/b13-12+. The lowest BCUT2D eigenvalue weighted by molar-refractivity contribution is -0.138. The van der Waals surface area contributed by atoms with Crippen molar-refractivity contribution in [3.05, 3.63) is 93.8 Å². The maximum atomic E-state index is 12.0. The van der Waals surface area contributed by atoms with Crippen LogP contribution in [0.25, 0.3) is 6.08 Å². The van der Waals surface area contributed by atoms with E-state index in [0.29, 0.717) is 11.7 Å². The molecule has 138 valence electrons. The van der Waals surface area contributed by atoms with Gasteiger partial charge in [-0.1, -0.05) is 66.2 Å². The summed E-state index contributed by atoms with van der Waals surface area (Å²) >= 11 is 6.45. The van der Waals surface area contributed by atoms with Crippen LogP contribution in [-0.2, 0) is 22.7 Å². The molecular formula is C22H21ClN2O2. The molecule has 3 aromatic rings. The van der Waals surface area contributed by atoms with Crippen molar-refractivity contribution in [3.63, 3.8) is 0 Å². The van der Waals surface area contributed by atoms with Crippen LogP contribution >= 0.6 is 11.6 Å². The van der Waals surface area contributed by atoms with E-state index in [0.717, 1.165) is 27.9 Å². The molecule has 5 heteroatoms. The predicted molar refractivity (Wildman–Crippen MR) is 108 cm³/mol. The first-order chi connectivity index (χ1) is 13.0.